The summed E-state index contributed by atoms with van der Waals surface area (Å²) < 4.78 is 11.4. The van der Waals surface area contributed by atoms with Crippen molar-refractivity contribution >= 4 is 5.82 Å². The molecular weight excluding hydrogens is 338 g/mol. The largest absolute Gasteiger partial charge is 0.493 e. The molecule has 2 aromatic carbocycles. The van der Waals surface area contributed by atoms with Crippen LogP contribution >= 0.6 is 0 Å². The summed E-state index contributed by atoms with van der Waals surface area (Å²) in [7, 11) is 3.54. The molecule has 3 rings (SSSR count). The van der Waals surface area contributed by atoms with E-state index in [1.165, 1.54) is 0 Å². The van der Waals surface area contributed by atoms with Gasteiger partial charge >= 0.3 is 0 Å². The molecule has 0 aliphatic rings. The van der Waals surface area contributed by atoms with Crippen LogP contribution in [0.2, 0.25) is 0 Å². The van der Waals surface area contributed by atoms with Crippen molar-refractivity contribution in [3.05, 3.63) is 83.6 Å². The number of pyridine rings is 1. The van der Waals surface area contributed by atoms with Gasteiger partial charge in [-0.2, -0.15) is 5.26 Å². The average molecular weight is 359 g/mol. The van der Waals surface area contributed by atoms with Crippen LogP contribution in [0.3, 0.4) is 0 Å². The summed E-state index contributed by atoms with van der Waals surface area (Å²) >= 11 is 0. The maximum Gasteiger partial charge on any atom is 0.161 e. The molecule has 1 aromatic heterocycles. The number of aromatic nitrogens is 1. The fraction of sp³-hybridized carbons (Fsp3) is 0.182. The molecule has 27 heavy (non-hydrogen) atoms. The minimum Gasteiger partial charge on any atom is -0.493 e. The molecule has 0 saturated carbocycles. The Morgan fingerprint density at radius 3 is 2.56 bits per heavy atom. The van der Waals surface area contributed by atoms with Crippen LogP contribution in [0.5, 0.6) is 11.5 Å². The van der Waals surface area contributed by atoms with Crippen molar-refractivity contribution in [3.8, 4) is 17.6 Å². The second kappa shape index (κ2) is 8.72. The van der Waals surface area contributed by atoms with Gasteiger partial charge in [0.2, 0.25) is 0 Å². The monoisotopic (exact) mass is 359 g/mol. The molecule has 1 heterocycles. The first-order valence-electron chi connectivity index (χ1n) is 8.61. The van der Waals surface area contributed by atoms with Crippen molar-refractivity contribution in [2.75, 3.05) is 19.1 Å². The van der Waals surface area contributed by atoms with Gasteiger partial charge in [0.25, 0.3) is 0 Å². The fourth-order valence-corrected chi connectivity index (χ4v) is 2.80. The molecule has 0 aliphatic heterocycles. The summed E-state index contributed by atoms with van der Waals surface area (Å²) in [6.45, 7) is 1.08. The van der Waals surface area contributed by atoms with Crippen molar-refractivity contribution in [1.82, 2.24) is 4.98 Å². The van der Waals surface area contributed by atoms with Crippen molar-refractivity contribution in [1.29, 1.82) is 5.26 Å². The Balaban J connectivity index is 1.73. The first kappa shape index (κ1) is 18.3. The summed E-state index contributed by atoms with van der Waals surface area (Å²) in [5, 5.41) is 9.25. The molecule has 0 unspecified atom stereocenters. The lowest BCUT2D eigenvalue weighted by molar-refractivity contribution is 0.284. The molecule has 3 aromatic rings. The highest BCUT2D eigenvalue weighted by atomic mass is 16.5. The third kappa shape index (κ3) is 4.56. The van der Waals surface area contributed by atoms with Crippen LogP contribution in [0.25, 0.3) is 0 Å². The normalized spacial score (nSPS) is 10.1. The number of nitriles is 1. The van der Waals surface area contributed by atoms with Gasteiger partial charge in [-0.1, -0.05) is 36.4 Å². The average Bonchev–Trinajstić information content (AvgIpc) is 2.73. The lowest BCUT2D eigenvalue weighted by atomic mass is 10.1. The van der Waals surface area contributed by atoms with Crippen LogP contribution in [0.15, 0.2) is 66.9 Å². The van der Waals surface area contributed by atoms with E-state index >= 15 is 0 Å². The van der Waals surface area contributed by atoms with Crippen LogP contribution in [0.4, 0.5) is 5.82 Å². The van der Waals surface area contributed by atoms with Gasteiger partial charge in [-0.15, -0.1) is 0 Å². The molecular formula is C22H21N3O2. The fourth-order valence-electron chi connectivity index (χ4n) is 2.80. The molecule has 0 amide bonds. The maximum atomic E-state index is 9.25. The summed E-state index contributed by atoms with van der Waals surface area (Å²) in [6.07, 6.45) is 1.69. The van der Waals surface area contributed by atoms with Crippen LogP contribution in [0, 0.1) is 11.3 Å². The number of rotatable bonds is 7. The summed E-state index contributed by atoms with van der Waals surface area (Å²) in [6, 6.07) is 21.6. The van der Waals surface area contributed by atoms with Crippen molar-refractivity contribution in [2.24, 2.45) is 0 Å². The van der Waals surface area contributed by atoms with E-state index in [2.05, 4.69) is 11.1 Å². The molecule has 136 valence electrons. The minimum absolute atomic E-state index is 0.482. The SMILES string of the molecule is COc1cc(CN(C)c2ncccc2C#N)ccc1OCc1ccccc1. The van der Waals surface area contributed by atoms with Gasteiger partial charge in [0.15, 0.2) is 11.5 Å². The summed E-state index contributed by atoms with van der Waals surface area (Å²) in [5.41, 5.74) is 2.69. The number of ether oxygens (including phenoxy) is 2. The number of benzene rings is 2. The van der Waals surface area contributed by atoms with E-state index in [0.29, 0.717) is 36.0 Å². The number of hydrogen-bond acceptors (Lipinski definition) is 5. The lowest BCUT2D eigenvalue weighted by Crippen LogP contribution is -2.18. The van der Waals surface area contributed by atoms with Gasteiger partial charge in [0, 0.05) is 19.8 Å². The second-order valence-electron chi connectivity index (χ2n) is 6.10. The van der Waals surface area contributed by atoms with E-state index in [1.807, 2.05) is 60.5 Å². The number of nitrogens with zero attached hydrogens (tertiary/aromatic N) is 3. The van der Waals surface area contributed by atoms with Gasteiger partial charge in [-0.05, 0) is 35.4 Å². The zero-order valence-electron chi connectivity index (χ0n) is 15.4. The Hall–Kier alpha value is -3.52. The van der Waals surface area contributed by atoms with Crippen molar-refractivity contribution in [2.45, 2.75) is 13.2 Å². The number of methoxy groups -OCH3 is 1. The molecule has 5 heteroatoms. The first-order valence-corrected chi connectivity index (χ1v) is 8.61. The molecule has 5 nitrogen and oxygen atoms in total. The summed E-state index contributed by atoms with van der Waals surface area (Å²) in [4.78, 5) is 6.26. The third-order valence-electron chi connectivity index (χ3n) is 4.15. The maximum absolute atomic E-state index is 9.25. The minimum atomic E-state index is 0.482. The quantitative estimate of drug-likeness (QED) is 0.633. The molecule has 0 bridgehead atoms. The Morgan fingerprint density at radius 2 is 1.81 bits per heavy atom. The van der Waals surface area contributed by atoms with Gasteiger partial charge in [0.1, 0.15) is 18.5 Å². The Morgan fingerprint density at radius 1 is 1.00 bits per heavy atom. The van der Waals surface area contributed by atoms with Gasteiger partial charge < -0.3 is 14.4 Å². The van der Waals surface area contributed by atoms with Crippen LogP contribution in [-0.2, 0) is 13.2 Å². The van der Waals surface area contributed by atoms with Crippen LogP contribution in [0.1, 0.15) is 16.7 Å². The van der Waals surface area contributed by atoms with Crippen molar-refractivity contribution < 1.29 is 9.47 Å². The predicted octanol–water partition coefficient (Wildman–Crippen LogP) is 4.18. The van der Waals surface area contributed by atoms with Crippen molar-refractivity contribution in [3.63, 3.8) is 0 Å². The molecule has 0 atom stereocenters. The van der Waals surface area contributed by atoms with E-state index in [1.54, 1.807) is 25.4 Å². The molecule has 0 radical (unpaired) electrons. The van der Waals surface area contributed by atoms with E-state index in [4.69, 9.17) is 9.47 Å². The van der Waals surface area contributed by atoms with E-state index in [9.17, 15) is 5.26 Å². The van der Waals surface area contributed by atoms with Gasteiger partial charge in [-0.25, -0.2) is 4.98 Å². The van der Waals surface area contributed by atoms with Gasteiger partial charge in [-0.3, -0.25) is 0 Å². The molecule has 0 fully saturated rings. The molecule has 0 aliphatic carbocycles. The smallest absolute Gasteiger partial charge is 0.161 e. The lowest BCUT2D eigenvalue weighted by Gasteiger charge is -2.20. The topological polar surface area (TPSA) is 58.4 Å². The van der Waals surface area contributed by atoms with E-state index in [-0.39, 0.29) is 0 Å². The molecule has 0 N–H and O–H groups in total. The zero-order valence-corrected chi connectivity index (χ0v) is 15.4. The highest BCUT2D eigenvalue weighted by Gasteiger charge is 2.11. The zero-order chi connectivity index (χ0) is 19.1. The standard InChI is InChI=1S/C22H21N3O2/c1-25(22-19(14-23)9-6-12-24-22)15-18-10-11-20(21(13-18)26-2)27-16-17-7-4-3-5-8-17/h3-13H,15-16H2,1-2H3. The van der Waals surface area contributed by atoms with E-state index < -0.39 is 0 Å². The highest BCUT2D eigenvalue weighted by Crippen LogP contribution is 2.30. The highest BCUT2D eigenvalue weighted by molar-refractivity contribution is 5.53. The molecule has 0 spiro atoms. The second-order valence-corrected chi connectivity index (χ2v) is 6.10. The Labute approximate surface area is 159 Å². The Kier molecular flexibility index (Phi) is 5.91. The molecule has 0 saturated heterocycles. The number of hydrogen-bond donors (Lipinski definition) is 0. The van der Waals surface area contributed by atoms with Gasteiger partial charge in [0.05, 0.1) is 12.7 Å². The third-order valence-corrected chi connectivity index (χ3v) is 4.15. The predicted molar refractivity (Wildman–Crippen MR) is 105 cm³/mol. The Bertz CT molecular complexity index is 936. The van der Waals surface area contributed by atoms with Crippen LogP contribution in [-0.4, -0.2) is 19.1 Å². The summed E-state index contributed by atoms with van der Waals surface area (Å²) in [5.74, 6) is 2.03. The van der Waals surface area contributed by atoms with Crippen LogP contribution < -0.4 is 14.4 Å². The van der Waals surface area contributed by atoms with E-state index in [0.717, 1.165) is 11.1 Å². The number of anilines is 1. The first-order chi connectivity index (χ1) is 13.2.